The number of aromatic nitrogens is 2. The Hall–Kier alpha value is -3.19. The third-order valence-corrected chi connectivity index (χ3v) is 7.07. The summed E-state index contributed by atoms with van der Waals surface area (Å²) in [6, 6.07) is 14.5. The molecule has 2 aromatic carbocycles. The van der Waals surface area contributed by atoms with Crippen molar-refractivity contribution in [2.24, 2.45) is 0 Å². The second-order valence-corrected chi connectivity index (χ2v) is 9.38. The third kappa shape index (κ3) is 4.78. The average molecular weight is 446 g/mol. The summed E-state index contributed by atoms with van der Waals surface area (Å²) in [7, 11) is 0. The zero-order valence-corrected chi connectivity index (χ0v) is 19.0. The quantitative estimate of drug-likeness (QED) is 0.537. The fourth-order valence-corrected chi connectivity index (χ4v) is 5.24. The number of rotatable bonds is 6. The van der Waals surface area contributed by atoms with Crippen LogP contribution >= 0.6 is 0 Å². The third-order valence-electron chi connectivity index (χ3n) is 7.07. The number of aryl methyl sites for hydroxylation is 1. The van der Waals surface area contributed by atoms with Gasteiger partial charge in [-0.3, -0.25) is 9.69 Å². The molecule has 1 amide bonds. The predicted octanol–water partition coefficient (Wildman–Crippen LogP) is 3.58. The minimum atomic E-state index is -0.0117. The highest BCUT2D eigenvalue weighted by Gasteiger charge is 2.35. The maximum absolute atomic E-state index is 12.5. The van der Waals surface area contributed by atoms with E-state index < -0.39 is 0 Å². The number of amides is 1. The highest BCUT2D eigenvalue weighted by atomic mass is 16.3. The monoisotopic (exact) mass is 445 g/mol. The van der Waals surface area contributed by atoms with Crippen molar-refractivity contribution in [3.8, 4) is 5.75 Å². The molecule has 0 radical (unpaired) electrons. The van der Waals surface area contributed by atoms with E-state index in [-0.39, 0.29) is 18.5 Å². The van der Waals surface area contributed by atoms with Crippen LogP contribution in [0.2, 0.25) is 0 Å². The maximum Gasteiger partial charge on any atom is 0.239 e. The SMILES string of the molecule is Cc1ccc2ncnc(NCC(=O)NC3CN(C4CCC(c5ccccc5O)CC4)C3)c2c1. The van der Waals surface area contributed by atoms with Crippen molar-refractivity contribution in [1.82, 2.24) is 20.2 Å². The Morgan fingerprint density at radius 2 is 1.88 bits per heavy atom. The van der Waals surface area contributed by atoms with Crippen LogP contribution in [0, 0.1) is 6.92 Å². The van der Waals surface area contributed by atoms with Gasteiger partial charge in [0, 0.05) is 24.5 Å². The summed E-state index contributed by atoms with van der Waals surface area (Å²) in [5.74, 6) is 1.55. The Balaban J connectivity index is 1.06. The number of carbonyl (C=O) groups excluding carboxylic acids is 1. The molecule has 7 heteroatoms. The number of phenolic OH excluding ortho intramolecular Hbond substituents is 1. The molecule has 3 aromatic rings. The molecule has 7 nitrogen and oxygen atoms in total. The lowest BCUT2D eigenvalue weighted by Gasteiger charge is -2.46. The molecule has 0 bridgehead atoms. The standard InChI is InChI=1S/C26H31N5O2/c1-17-6-11-23-22(12-17)26(29-16-28-23)27-13-25(33)30-19-14-31(15-19)20-9-7-18(8-10-20)21-4-2-3-5-24(21)32/h2-6,11-12,16,18-20,32H,7-10,13-15H2,1H3,(H,30,33)(H,27,28,29). The van der Waals surface area contributed by atoms with E-state index in [0.717, 1.165) is 60.8 Å². The van der Waals surface area contributed by atoms with E-state index in [2.05, 4.69) is 31.6 Å². The van der Waals surface area contributed by atoms with Crippen molar-refractivity contribution in [1.29, 1.82) is 0 Å². The number of hydrogen-bond donors (Lipinski definition) is 3. The first-order valence-corrected chi connectivity index (χ1v) is 11.8. The molecular formula is C26H31N5O2. The molecule has 33 heavy (non-hydrogen) atoms. The van der Waals surface area contributed by atoms with Gasteiger partial charge in [-0.05, 0) is 62.3 Å². The van der Waals surface area contributed by atoms with Gasteiger partial charge in [-0.15, -0.1) is 0 Å². The van der Waals surface area contributed by atoms with Gasteiger partial charge >= 0.3 is 0 Å². The highest BCUT2D eigenvalue weighted by Crippen LogP contribution is 2.39. The summed E-state index contributed by atoms with van der Waals surface area (Å²) in [4.78, 5) is 23.6. The Morgan fingerprint density at radius 3 is 2.67 bits per heavy atom. The summed E-state index contributed by atoms with van der Waals surface area (Å²) in [6.07, 6.45) is 6.01. The normalized spacial score (nSPS) is 21.5. The van der Waals surface area contributed by atoms with Gasteiger partial charge in [-0.2, -0.15) is 0 Å². The zero-order valence-electron chi connectivity index (χ0n) is 19.0. The second kappa shape index (κ2) is 9.35. The summed E-state index contributed by atoms with van der Waals surface area (Å²) >= 11 is 0. The van der Waals surface area contributed by atoms with Crippen LogP contribution in [0.3, 0.4) is 0 Å². The van der Waals surface area contributed by atoms with Gasteiger partial charge in [0.2, 0.25) is 5.91 Å². The average Bonchev–Trinajstić information content (AvgIpc) is 2.80. The van der Waals surface area contributed by atoms with Crippen LogP contribution in [0.1, 0.15) is 42.7 Å². The molecule has 2 heterocycles. The molecule has 1 saturated heterocycles. The maximum atomic E-state index is 12.5. The van der Waals surface area contributed by atoms with Crippen molar-refractivity contribution < 1.29 is 9.90 Å². The lowest BCUT2D eigenvalue weighted by molar-refractivity contribution is -0.121. The number of benzene rings is 2. The van der Waals surface area contributed by atoms with Gasteiger partial charge in [0.15, 0.2) is 0 Å². The fraction of sp³-hybridized carbons (Fsp3) is 0.423. The van der Waals surface area contributed by atoms with E-state index in [9.17, 15) is 9.90 Å². The van der Waals surface area contributed by atoms with Gasteiger partial charge in [-0.25, -0.2) is 9.97 Å². The number of phenols is 1. The van der Waals surface area contributed by atoms with Crippen LogP contribution in [0.4, 0.5) is 5.82 Å². The van der Waals surface area contributed by atoms with Crippen molar-refractivity contribution in [2.75, 3.05) is 25.0 Å². The molecule has 5 rings (SSSR count). The molecule has 0 unspecified atom stereocenters. The van der Waals surface area contributed by atoms with Crippen molar-refractivity contribution in [3.63, 3.8) is 0 Å². The Morgan fingerprint density at radius 1 is 1.09 bits per heavy atom. The van der Waals surface area contributed by atoms with Crippen LogP contribution < -0.4 is 10.6 Å². The number of hydrogen-bond acceptors (Lipinski definition) is 6. The summed E-state index contributed by atoms with van der Waals surface area (Å²) in [5, 5.41) is 17.4. The van der Waals surface area contributed by atoms with Crippen molar-refractivity contribution >= 4 is 22.6 Å². The van der Waals surface area contributed by atoms with Crippen LogP contribution in [-0.4, -0.2) is 57.6 Å². The zero-order chi connectivity index (χ0) is 22.8. The molecule has 0 atom stereocenters. The molecule has 172 valence electrons. The van der Waals surface area contributed by atoms with E-state index in [4.69, 9.17) is 0 Å². The number of para-hydroxylation sites is 1. The minimum Gasteiger partial charge on any atom is -0.508 e. The smallest absolute Gasteiger partial charge is 0.239 e. The molecule has 3 N–H and O–H groups in total. The molecule has 2 fully saturated rings. The number of aromatic hydroxyl groups is 1. The Labute approximate surface area is 194 Å². The van der Waals surface area contributed by atoms with Gasteiger partial charge in [-0.1, -0.05) is 29.8 Å². The first-order valence-electron chi connectivity index (χ1n) is 11.8. The topological polar surface area (TPSA) is 90.4 Å². The Kier molecular flexibility index (Phi) is 6.13. The number of carbonyl (C=O) groups is 1. The van der Waals surface area contributed by atoms with Gasteiger partial charge in [0.25, 0.3) is 0 Å². The summed E-state index contributed by atoms with van der Waals surface area (Å²) < 4.78 is 0. The van der Waals surface area contributed by atoms with Crippen molar-refractivity contribution in [2.45, 2.75) is 50.6 Å². The largest absolute Gasteiger partial charge is 0.508 e. The van der Waals surface area contributed by atoms with Crippen molar-refractivity contribution in [3.05, 3.63) is 59.9 Å². The minimum absolute atomic E-state index is 0.0117. The second-order valence-electron chi connectivity index (χ2n) is 9.38. The van der Waals surface area contributed by atoms with E-state index in [0.29, 0.717) is 23.5 Å². The van der Waals surface area contributed by atoms with Crippen LogP contribution in [-0.2, 0) is 4.79 Å². The van der Waals surface area contributed by atoms with Crippen LogP contribution in [0.15, 0.2) is 48.8 Å². The highest BCUT2D eigenvalue weighted by molar-refractivity contribution is 5.91. The lowest BCUT2D eigenvalue weighted by Crippen LogP contribution is -2.63. The van der Waals surface area contributed by atoms with Crippen LogP contribution in [0.25, 0.3) is 10.9 Å². The first kappa shape index (κ1) is 21.6. The Bertz CT molecular complexity index is 1140. The number of nitrogens with zero attached hydrogens (tertiary/aromatic N) is 3. The molecule has 2 aliphatic rings. The number of nitrogens with one attached hydrogen (secondary N) is 2. The summed E-state index contributed by atoms with van der Waals surface area (Å²) in [5.41, 5.74) is 3.09. The summed E-state index contributed by atoms with van der Waals surface area (Å²) in [6.45, 7) is 4.05. The molecule has 1 aliphatic carbocycles. The molecule has 0 spiro atoms. The van der Waals surface area contributed by atoms with Gasteiger partial charge < -0.3 is 15.7 Å². The number of anilines is 1. The number of likely N-dealkylation sites (tertiary alicyclic amines) is 1. The molecule has 1 saturated carbocycles. The van der Waals surface area contributed by atoms with Gasteiger partial charge in [0.05, 0.1) is 18.1 Å². The van der Waals surface area contributed by atoms with Gasteiger partial charge in [0.1, 0.15) is 17.9 Å². The molecule has 1 aliphatic heterocycles. The first-order chi connectivity index (χ1) is 16.1. The predicted molar refractivity (Wildman–Crippen MR) is 129 cm³/mol. The van der Waals surface area contributed by atoms with Crippen LogP contribution in [0.5, 0.6) is 5.75 Å². The fourth-order valence-electron chi connectivity index (χ4n) is 5.24. The van der Waals surface area contributed by atoms with E-state index in [1.807, 2.05) is 37.3 Å². The van der Waals surface area contributed by atoms with E-state index in [1.165, 1.54) is 6.33 Å². The molecule has 1 aromatic heterocycles. The molecular weight excluding hydrogens is 414 g/mol. The van der Waals surface area contributed by atoms with E-state index in [1.54, 1.807) is 6.07 Å². The van der Waals surface area contributed by atoms with E-state index >= 15 is 0 Å². The lowest BCUT2D eigenvalue weighted by atomic mass is 9.80. The number of fused-ring (bicyclic) bond motifs is 1.